The summed E-state index contributed by atoms with van der Waals surface area (Å²) in [6.07, 6.45) is 0. The number of nitrogens with zero attached hydrogens (tertiary/aromatic N) is 2. The number of ether oxygens (including phenoxy) is 2. The average Bonchev–Trinajstić information content (AvgIpc) is 2.61. The van der Waals surface area contributed by atoms with Gasteiger partial charge >= 0.3 is 0 Å². The number of hydrogen-bond acceptors (Lipinski definition) is 6. The number of carbonyl (C=O) groups is 2. The fourth-order valence-electron chi connectivity index (χ4n) is 2.38. The first-order valence-electron chi connectivity index (χ1n) is 8.16. The zero-order valence-electron chi connectivity index (χ0n) is 15.7. The monoisotopic (exact) mass is 423 g/mol. The molecular weight excluding hydrogens is 405 g/mol. The molecule has 28 heavy (non-hydrogen) atoms. The molecule has 0 aliphatic carbocycles. The van der Waals surface area contributed by atoms with E-state index in [0.29, 0.717) is 22.2 Å². The molecule has 0 fully saturated rings. The van der Waals surface area contributed by atoms with E-state index in [1.54, 1.807) is 18.2 Å². The molecule has 0 aliphatic rings. The number of ketones is 1. The lowest BCUT2D eigenvalue weighted by molar-refractivity contribution is -0.126. The molecule has 0 aromatic heterocycles. The van der Waals surface area contributed by atoms with Crippen LogP contribution in [0.25, 0.3) is 0 Å². The highest BCUT2D eigenvalue weighted by atomic mass is 35.5. The number of methoxy groups -OCH3 is 2. The van der Waals surface area contributed by atoms with Crippen molar-refractivity contribution in [1.29, 1.82) is 0 Å². The quantitative estimate of drug-likeness (QED) is 0.501. The van der Waals surface area contributed by atoms with Crippen LogP contribution in [0.2, 0.25) is 10.0 Å². The van der Waals surface area contributed by atoms with Crippen molar-refractivity contribution in [1.82, 2.24) is 0 Å². The van der Waals surface area contributed by atoms with E-state index >= 15 is 0 Å². The van der Waals surface area contributed by atoms with Crippen LogP contribution in [0.15, 0.2) is 40.6 Å². The van der Waals surface area contributed by atoms with Gasteiger partial charge in [-0.25, -0.2) is 0 Å². The smallest absolute Gasteiger partial charge is 0.258 e. The molecule has 0 saturated carbocycles. The Morgan fingerprint density at radius 2 is 1.71 bits per heavy atom. The molecule has 7 nitrogen and oxygen atoms in total. The highest BCUT2D eigenvalue weighted by Crippen LogP contribution is 2.36. The highest BCUT2D eigenvalue weighted by Gasteiger charge is 2.24. The van der Waals surface area contributed by atoms with Crippen molar-refractivity contribution in [3.8, 4) is 11.5 Å². The van der Waals surface area contributed by atoms with Crippen molar-refractivity contribution in [2.45, 2.75) is 19.9 Å². The lowest BCUT2D eigenvalue weighted by Gasteiger charge is -2.14. The van der Waals surface area contributed by atoms with Crippen LogP contribution >= 0.6 is 23.2 Å². The lowest BCUT2D eigenvalue weighted by Crippen LogP contribution is -2.32. The molecule has 1 amide bonds. The SMILES string of the molecule is COc1cc(OC)c(NC(=O)C(N=Nc2cc(C)cc(Cl)c2)C(C)=O)cc1Cl. The first kappa shape index (κ1) is 21.7. The van der Waals surface area contributed by atoms with Gasteiger partial charge in [0.15, 0.2) is 5.78 Å². The molecule has 2 aromatic rings. The minimum absolute atomic E-state index is 0.272. The molecule has 2 rings (SSSR count). The molecule has 1 unspecified atom stereocenters. The van der Waals surface area contributed by atoms with E-state index in [9.17, 15) is 9.59 Å². The average molecular weight is 424 g/mol. The van der Waals surface area contributed by atoms with Crippen LogP contribution in [-0.4, -0.2) is 32.0 Å². The molecule has 1 N–H and O–H groups in total. The third-order valence-electron chi connectivity index (χ3n) is 3.68. The van der Waals surface area contributed by atoms with Crippen molar-refractivity contribution in [2.75, 3.05) is 19.5 Å². The number of halogens is 2. The molecule has 0 bridgehead atoms. The molecule has 1 atom stereocenters. The Hall–Kier alpha value is -2.64. The zero-order valence-corrected chi connectivity index (χ0v) is 17.3. The second kappa shape index (κ2) is 9.52. The Kier molecular flexibility index (Phi) is 7.37. The number of Topliss-reactive ketones (excluding diaryl/α,β-unsaturated/α-hetero) is 1. The summed E-state index contributed by atoms with van der Waals surface area (Å²) < 4.78 is 10.3. The third-order valence-corrected chi connectivity index (χ3v) is 4.19. The molecule has 0 heterocycles. The van der Waals surface area contributed by atoms with Crippen molar-refractivity contribution >= 4 is 46.3 Å². The van der Waals surface area contributed by atoms with Gasteiger partial charge in [0.05, 0.1) is 30.6 Å². The van der Waals surface area contributed by atoms with Gasteiger partial charge in [-0.15, -0.1) is 0 Å². The number of hydrogen-bond donors (Lipinski definition) is 1. The first-order valence-corrected chi connectivity index (χ1v) is 8.91. The van der Waals surface area contributed by atoms with Crippen molar-refractivity contribution in [3.63, 3.8) is 0 Å². The van der Waals surface area contributed by atoms with Crippen LogP contribution in [0.4, 0.5) is 11.4 Å². The van der Waals surface area contributed by atoms with Gasteiger partial charge in [0.2, 0.25) is 6.04 Å². The van der Waals surface area contributed by atoms with Crippen LogP contribution < -0.4 is 14.8 Å². The largest absolute Gasteiger partial charge is 0.495 e. The van der Waals surface area contributed by atoms with E-state index in [4.69, 9.17) is 32.7 Å². The van der Waals surface area contributed by atoms with Gasteiger partial charge in [0.25, 0.3) is 5.91 Å². The summed E-state index contributed by atoms with van der Waals surface area (Å²) in [5, 5.41) is 11.2. The van der Waals surface area contributed by atoms with E-state index < -0.39 is 17.7 Å². The summed E-state index contributed by atoms with van der Waals surface area (Å²) in [6.45, 7) is 3.10. The van der Waals surface area contributed by atoms with Gasteiger partial charge < -0.3 is 14.8 Å². The lowest BCUT2D eigenvalue weighted by atomic mass is 10.2. The zero-order chi connectivity index (χ0) is 20.8. The second-order valence-electron chi connectivity index (χ2n) is 5.89. The topological polar surface area (TPSA) is 89.3 Å². The number of carbonyl (C=O) groups excluding carboxylic acids is 2. The van der Waals surface area contributed by atoms with Gasteiger partial charge in [0, 0.05) is 11.1 Å². The van der Waals surface area contributed by atoms with E-state index in [1.165, 1.54) is 33.3 Å². The highest BCUT2D eigenvalue weighted by molar-refractivity contribution is 6.32. The van der Waals surface area contributed by atoms with Crippen LogP contribution in [-0.2, 0) is 9.59 Å². The third kappa shape index (κ3) is 5.43. The van der Waals surface area contributed by atoms with Gasteiger partial charge in [-0.1, -0.05) is 23.2 Å². The van der Waals surface area contributed by atoms with Crippen molar-refractivity contribution in [2.24, 2.45) is 10.2 Å². The minimum atomic E-state index is -1.34. The van der Waals surface area contributed by atoms with E-state index in [0.717, 1.165) is 5.56 Å². The Labute approximate surface area is 172 Å². The molecule has 0 spiro atoms. The number of amides is 1. The van der Waals surface area contributed by atoms with Crippen molar-refractivity contribution in [3.05, 3.63) is 45.9 Å². The van der Waals surface area contributed by atoms with Gasteiger partial charge in [0.1, 0.15) is 11.5 Å². The van der Waals surface area contributed by atoms with E-state index in [2.05, 4.69) is 15.5 Å². The van der Waals surface area contributed by atoms with Crippen LogP contribution in [0, 0.1) is 6.92 Å². The summed E-state index contributed by atoms with van der Waals surface area (Å²) in [5.74, 6) is -0.442. The summed E-state index contributed by atoms with van der Waals surface area (Å²) in [7, 11) is 2.89. The molecule has 2 aromatic carbocycles. The predicted octanol–water partition coefficient (Wildman–Crippen LogP) is 5.00. The Balaban J connectivity index is 2.27. The van der Waals surface area contributed by atoms with Gasteiger partial charge in [-0.2, -0.15) is 10.2 Å². The fourth-order valence-corrected chi connectivity index (χ4v) is 2.90. The fraction of sp³-hybridized carbons (Fsp3) is 0.263. The second-order valence-corrected chi connectivity index (χ2v) is 6.74. The maximum absolute atomic E-state index is 12.6. The number of azo groups is 1. The molecule has 9 heteroatoms. The maximum Gasteiger partial charge on any atom is 0.258 e. The standard InChI is InChI=1S/C19H19Cl2N3O4/c1-10-5-12(20)7-13(6-10)23-24-18(11(2)25)19(26)22-15-8-14(21)16(27-3)9-17(15)28-4/h5-9,18H,1-4H3,(H,22,26). The number of aryl methyl sites for hydroxylation is 1. The van der Waals surface area contributed by atoms with Crippen LogP contribution in [0.5, 0.6) is 11.5 Å². The summed E-state index contributed by atoms with van der Waals surface area (Å²) in [5.41, 5.74) is 1.59. The van der Waals surface area contributed by atoms with Gasteiger partial charge in [-0.05, 0) is 43.7 Å². The van der Waals surface area contributed by atoms with Crippen LogP contribution in [0.1, 0.15) is 12.5 Å². The Morgan fingerprint density at radius 1 is 1.04 bits per heavy atom. The molecule has 148 valence electrons. The van der Waals surface area contributed by atoms with E-state index in [1.807, 2.05) is 6.92 Å². The number of anilines is 1. The normalized spacial score (nSPS) is 11.9. The van der Waals surface area contributed by atoms with Crippen molar-refractivity contribution < 1.29 is 19.1 Å². The van der Waals surface area contributed by atoms with Crippen LogP contribution in [0.3, 0.4) is 0 Å². The Morgan fingerprint density at radius 3 is 2.29 bits per heavy atom. The van der Waals surface area contributed by atoms with Gasteiger partial charge in [-0.3, -0.25) is 9.59 Å². The molecule has 0 saturated heterocycles. The predicted molar refractivity (Wildman–Crippen MR) is 108 cm³/mol. The summed E-state index contributed by atoms with van der Waals surface area (Å²) in [4.78, 5) is 24.5. The molecule has 0 radical (unpaired) electrons. The molecular formula is C19H19Cl2N3O4. The maximum atomic E-state index is 12.6. The molecule has 0 aliphatic heterocycles. The summed E-state index contributed by atoms with van der Waals surface area (Å²) in [6, 6.07) is 6.72. The Bertz CT molecular complexity index is 911. The summed E-state index contributed by atoms with van der Waals surface area (Å²) >= 11 is 12.1. The number of benzene rings is 2. The first-order chi connectivity index (χ1) is 13.2. The number of rotatable bonds is 7. The van der Waals surface area contributed by atoms with E-state index in [-0.39, 0.29) is 10.7 Å². The minimum Gasteiger partial charge on any atom is -0.495 e. The number of nitrogens with one attached hydrogen (secondary N) is 1.